The molecule has 0 saturated carbocycles. The minimum atomic E-state index is -0.387. The fourth-order valence-corrected chi connectivity index (χ4v) is 4.29. The van der Waals surface area contributed by atoms with Crippen LogP contribution in [0.15, 0.2) is 59.2 Å². The Morgan fingerprint density at radius 2 is 2.00 bits per heavy atom. The number of fused-ring (bicyclic) bond motifs is 2. The van der Waals surface area contributed by atoms with Gasteiger partial charge in [-0.25, -0.2) is 0 Å². The van der Waals surface area contributed by atoms with Crippen LogP contribution in [0.25, 0.3) is 10.9 Å². The molecule has 0 amide bonds. The van der Waals surface area contributed by atoms with Crippen molar-refractivity contribution in [2.75, 3.05) is 13.1 Å². The molecule has 130 valence electrons. The lowest BCUT2D eigenvalue weighted by atomic mass is 9.93. The molecule has 1 unspecified atom stereocenters. The SMILES string of the molecule is CC1c2ccccc2CCN1C[C@@H](O)Cn1ccc2ccc(Br)cc21. The predicted molar refractivity (Wildman–Crippen MR) is 106 cm³/mol. The minimum Gasteiger partial charge on any atom is -0.390 e. The summed E-state index contributed by atoms with van der Waals surface area (Å²) in [6, 6.07) is 17.4. The van der Waals surface area contributed by atoms with Crippen molar-refractivity contribution in [2.24, 2.45) is 0 Å². The largest absolute Gasteiger partial charge is 0.390 e. The average Bonchev–Trinajstić information content (AvgIpc) is 3.00. The molecule has 0 fully saturated rings. The van der Waals surface area contributed by atoms with Crippen molar-refractivity contribution >= 4 is 26.8 Å². The third-order valence-electron chi connectivity index (χ3n) is 5.31. The van der Waals surface area contributed by atoms with Gasteiger partial charge >= 0.3 is 0 Å². The highest BCUT2D eigenvalue weighted by atomic mass is 79.9. The number of aromatic nitrogens is 1. The zero-order valence-electron chi connectivity index (χ0n) is 14.4. The van der Waals surface area contributed by atoms with Gasteiger partial charge in [-0.1, -0.05) is 46.3 Å². The molecular formula is C21H23BrN2O. The van der Waals surface area contributed by atoms with Crippen molar-refractivity contribution in [3.05, 3.63) is 70.3 Å². The number of hydrogen-bond acceptors (Lipinski definition) is 2. The van der Waals surface area contributed by atoms with Gasteiger partial charge in [0, 0.05) is 41.9 Å². The molecule has 2 aromatic carbocycles. The lowest BCUT2D eigenvalue weighted by Gasteiger charge is -2.36. The first-order valence-electron chi connectivity index (χ1n) is 8.86. The second kappa shape index (κ2) is 6.94. The maximum absolute atomic E-state index is 10.7. The first-order chi connectivity index (χ1) is 12.1. The summed E-state index contributed by atoms with van der Waals surface area (Å²) in [5.41, 5.74) is 4.00. The number of nitrogens with zero attached hydrogens (tertiary/aromatic N) is 2. The van der Waals surface area contributed by atoms with E-state index in [9.17, 15) is 5.11 Å². The molecule has 0 bridgehead atoms. The van der Waals surface area contributed by atoms with E-state index in [4.69, 9.17) is 0 Å². The van der Waals surface area contributed by atoms with E-state index in [1.54, 1.807) is 0 Å². The van der Waals surface area contributed by atoms with Gasteiger partial charge in [-0.2, -0.15) is 0 Å². The zero-order chi connectivity index (χ0) is 17.4. The molecule has 1 N–H and O–H groups in total. The third kappa shape index (κ3) is 3.39. The van der Waals surface area contributed by atoms with Crippen LogP contribution in [0.2, 0.25) is 0 Å². The standard InChI is InChI=1S/C21H23BrN2O/c1-15-20-5-3-2-4-16(20)8-10-23(15)13-19(25)14-24-11-9-17-6-7-18(22)12-21(17)24/h2-7,9,11-12,15,19,25H,8,10,13-14H2,1H3/t15?,19-/m1/s1. The summed E-state index contributed by atoms with van der Waals surface area (Å²) >= 11 is 3.54. The molecule has 0 spiro atoms. The van der Waals surface area contributed by atoms with E-state index in [0.29, 0.717) is 19.1 Å². The molecule has 4 rings (SSSR count). The summed E-state index contributed by atoms with van der Waals surface area (Å²) in [6.45, 7) is 4.56. The van der Waals surface area contributed by atoms with Crippen LogP contribution >= 0.6 is 15.9 Å². The van der Waals surface area contributed by atoms with Crippen LogP contribution in [0.4, 0.5) is 0 Å². The molecule has 0 aliphatic carbocycles. The number of halogens is 1. The summed E-state index contributed by atoms with van der Waals surface area (Å²) in [5.74, 6) is 0. The average molecular weight is 399 g/mol. The van der Waals surface area contributed by atoms with E-state index in [1.807, 2.05) is 0 Å². The van der Waals surface area contributed by atoms with Crippen LogP contribution in [0.5, 0.6) is 0 Å². The lowest BCUT2D eigenvalue weighted by molar-refractivity contribution is 0.0760. The van der Waals surface area contributed by atoms with Crippen molar-refractivity contribution in [1.82, 2.24) is 9.47 Å². The van der Waals surface area contributed by atoms with Crippen molar-refractivity contribution in [3.63, 3.8) is 0 Å². The van der Waals surface area contributed by atoms with E-state index < -0.39 is 0 Å². The number of hydrogen-bond donors (Lipinski definition) is 1. The van der Waals surface area contributed by atoms with E-state index in [1.165, 1.54) is 16.5 Å². The molecule has 0 radical (unpaired) electrons. The van der Waals surface area contributed by atoms with E-state index in [-0.39, 0.29) is 6.10 Å². The van der Waals surface area contributed by atoms with Crippen molar-refractivity contribution < 1.29 is 5.11 Å². The fourth-order valence-electron chi connectivity index (χ4n) is 3.94. The normalized spacial score (nSPS) is 19.1. The molecule has 1 aliphatic rings. The Morgan fingerprint density at radius 1 is 1.16 bits per heavy atom. The van der Waals surface area contributed by atoms with Gasteiger partial charge in [0.1, 0.15) is 0 Å². The number of β-amino-alcohol motifs (C(OH)–C–C–N with tert-alkyl or cyclic N) is 1. The summed E-state index contributed by atoms with van der Waals surface area (Å²) in [7, 11) is 0. The minimum absolute atomic E-state index is 0.357. The third-order valence-corrected chi connectivity index (χ3v) is 5.80. The van der Waals surface area contributed by atoms with Crippen LogP contribution < -0.4 is 0 Å². The van der Waals surface area contributed by atoms with Gasteiger partial charge in [-0.3, -0.25) is 4.90 Å². The van der Waals surface area contributed by atoms with Crippen LogP contribution in [-0.4, -0.2) is 33.8 Å². The molecule has 3 nitrogen and oxygen atoms in total. The van der Waals surface area contributed by atoms with Gasteiger partial charge in [0.05, 0.1) is 6.10 Å². The van der Waals surface area contributed by atoms with Gasteiger partial charge in [0.2, 0.25) is 0 Å². The van der Waals surface area contributed by atoms with E-state index >= 15 is 0 Å². The Kier molecular flexibility index (Phi) is 4.67. The summed E-state index contributed by atoms with van der Waals surface area (Å²) in [4.78, 5) is 2.40. The lowest BCUT2D eigenvalue weighted by Crippen LogP contribution is -2.40. The number of benzene rings is 2. The first-order valence-corrected chi connectivity index (χ1v) is 9.65. The molecule has 25 heavy (non-hydrogen) atoms. The second-order valence-corrected chi connectivity index (χ2v) is 7.86. The van der Waals surface area contributed by atoms with Crippen molar-refractivity contribution in [1.29, 1.82) is 0 Å². The van der Waals surface area contributed by atoms with Gasteiger partial charge in [0.25, 0.3) is 0 Å². The number of rotatable bonds is 4. The maximum Gasteiger partial charge on any atom is 0.0845 e. The maximum atomic E-state index is 10.7. The van der Waals surface area contributed by atoms with Crippen LogP contribution in [0, 0.1) is 0 Å². The molecule has 1 aromatic heterocycles. The fraction of sp³-hybridized carbons (Fsp3) is 0.333. The van der Waals surface area contributed by atoms with Crippen molar-refractivity contribution in [3.8, 4) is 0 Å². The van der Waals surface area contributed by atoms with Gasteiger partial charge < -0.3 is 9.67 Å². The van der Waals surface area contributed by atoms with Gasteiger partial charge in [0.15, 0.2) is 0 Å². The first kappa shape index (κ1) is 16.8. The van der Waals surface area contributed by atoms with Gasteiger partial charge in [-0.15, -0.1) is 0 Å². The molecule has 0 saturated heterocycles. The Balaban J connectivity index is 1.47. The topological polar surface area (TPSA) is 28.4 Å². The Hall–Kier alpha value is -1.62. The van der Waals surface area contributed by atoms with Crippen LogP contribution in [0.1, 0.15) is 24.1 Å². The molecule has 3 aromatic rings. The van der Waals surface area contributed by atoms with Crippen LogP contribution in [0.3, 0.4) is 0 Å². The number of aliphatic hydroxyl groups excluding tert-OH is 1. The van der Waals surface area contributed by atoms with E-state index in [2.05, 4.69) is 87.0 Å². The van der Waals surface area contributed by atoms with Crippen LogP contribution in [-0.2, 0) is 13.0 Å². The Morgan fingerprint density at radius 3 is 2.88 bits per heavy atom. The summed E-state index contributed by atoms with van der Waals surface area (Å²) in [5, 5.41) is 11.9. The highest BCUT2D eigenvalue weighted by molar-refractivity contribution is 9.10. The van der Waals surface area contributed by atoms with E-state index in [0.717, 1.165) is 23.0 Å². The molecule has 2 atom stereocenters. The quantitative estimate of drug-likeness (QED) is 0.705. The molecule has 4 heteroatoms. The highest BCUT2D eigenvalue weighted by Gasteiger charge is 2.25. The van der Waals surface area contributed by atoms with Gasteiger partial charge in [-0.05, 0) is 48.1 Å². The van der Waals surface area contributed by atoms with Crippen molar-refractivity contribution in [2.45, 2.75) is 32.0 Å². The second-order valence-electron chi connectivity index (χ2n) is 6.94. The predicted octanol–water partition coefficient (Wildman–Crippen LogP) is 4.38. The molecule has 2 heterocycles. The summed E-state index contributed by atoms with van der Waals surface area (Å²) < 4.78 is 3.21. The molecule has 1 aliphatic heterocycles. The Labute approximate surface area is 157 Å². The monoisotopic (exact) mass is 398 g/mol. The smallest absolute Gasteiger partial charge is 0.0845 e. The highest BCUT2D eigenvalue weighted by Crippen LogP contribution is 2.29. The molecular weight excluding hydrogens is 376 g/mol. The Bertz CT molecular complexity index is 888. The zero-order valence-corrected chi connectivity index (χ0v) is 16.0. The number of aliphatic hydroxyl groups is 1. The summed E-state index contributed by atoms with van der Waals surface area (Å²) in [6.07, 6.45) is 2.74.